The lowest BCUT2D eigenvalue weighted by Gasteiger charge is -2.05. The van der Waals surface area contributed by atoms with E-state index in [1.54, 1.807) is 0 Å². The Kier molecular flexibility index (Phi) is 4.62. The summed E-state index contributed by atoms with van der Waals surface area (Å²) in [6.07, 6.45) is -3.02. The Labute approximate surface area is 118 Å². The first-order valence-electron chi connectivity index (χ1n) is 6.26. The topological polar surface area (TPSA) is 44.1 Å². The van der Waals surface area contributed by atoms with Gasteiger partial charge in [-0.25, -0.2) is 4.39 Å². The Bertz CT molecular complexity index is 691. The van der Waals surface area contributed by atoms with E-state index in [1.165, 1.54) is 4.68 Å². The third-order valence-electron chi connectivity index (χ3n) is 2.91. The van der Waals surface area contributed by atoms with Gasteiger partial charge in [-0.2, -0.15) is 13.9 Å². The van der Waals surface area contributed by atoms with Crippen molar-refractivity contribution in [2.24, 2.45) is 0 Å². The maximum Gasteiger partial charge on any atom is 0.327 e. The second kappa shape index (κ2) is 6.43. The van der Waals surface area contributed by atoms with Gasteiger partial charge in [-0.05, 0) is 13.0 Å². The fourth-order valence-electron chi connectivity index (χ4n) is 1.93. The number of fused-ring (bicyclic) bond motifs is 1. The molecule has 0 saturated carbocycles. The molecule has 0 N–H and O–H groups in total. The third kappa shape index (κ3) is 3.62. The maximum atomic E-state index is 12.5. The predicted octanol–water partition coefficient (Wildman–Crippen LogP) is 3.36. The molecule has 21 heavy (non-hydrogen) atoms. The van der Waals surface area contributed by atoms with Gasteiger partial charge < -0.3 is 4.74 Å². The van der Waals surface area contributed by atoms with Crippen molar-refractivity contribution in [3.63, 3.8) is 0 Å². The number of aromatic nitrogens is 2. The summed E-state index contributed by atoms with van der Waals surface area (Å²) in [5, 5.41) is 5.13. The number of hydrogen-bond donors (Lipinski definition) is 0. The van der Waals surface area contributed by atoms with Crippen molar-refractivity contribution in [2.45, 2.75) is 19.9 Å². The van der Waals surface area contributed by atoms with Crippen molar-refractivity contribution < 1.29 is 22.7 Å². The van der Waals surface area contributed by atoms with Crippen LogP contribution in [0.1, 0.15) is 12.1 Å². The molecule has 0 radical (unpaired) electrons. The van der Waals surface area contributed by atoms with Gasteiger partial charge in [-0.3, -0.25) is 9.48 Å². The molecular weight excluding hydrogens is 285 g/mol. The highest BCUT2D eigenvalue weighted by atomic mass is 19.3. The number of nitrogens with zero attached hydrogens (tertiary/aromatic N) is 2. The van der Waals surface area contributed by atoms with Crippen LogP contribution in [0.5, 0.6) is 0 Å². The number of carbonyl (C=O) groups excluding carboxylic acids is 1. The molecule has 1 heterocycles. The predicted molar refractivity (Wildman–Crippen MR) is 70.4 cm³/mol. The second-order valence-corrected chi connectivity index (χ2v) is 4.40. The van der Waals surface area contributed by atoms with Crippen LogP contribution in [0.2, 0.25) is 0 Å². The van der Waals surface area contributed by atoms with Crippen LogP contribution in [0.3, 0.4) is 0 Å². The second-order valence-electron chi connectivity index (χ2n) is 4.40. The summed E-state index contributed by atoms with van der Waals surface area (Å²) >= 11 is 0. The van der Waals surface area contributed by atoms with Crippen molar-refractivity contribution in [2.75, 3.05) is 6.61 Å². The lowest BCUT2D eigenvalue weighted by atomic mass is 10.2. The molecule has 0 atom stereocenters. The molecule has 0 saturated heterocycles. The van der Waals surface area contributed by atoms with Gasteiger partial charge in [0.25, 0.3) is 0 Å². The molecule has 0 aliphatic carbocycles. The van der Waals surface area contributed by atoms with Crippen LogP contribution in [-0.4, -0.2) is 22.4 Å². The fourth-order valence-corrected chi connectivity index (χ4v) is 1.93. The minimum Gasteiger partial charge on any atom is -0.464 e. The number of benzene rings is 1. The van der Waals surface area contributed by atoms with Crippen LogP contribution >= 0.6 is 0 Å². The first-order valence-corrected chi connectivity index (χ1v) is 6.26. The largest absolute Gasteiger partial charge is 0.464 e. The maximum absolute atomic E-state index is 12.5. The number of esters is 1. The average Bonchev–Trinajstić information content (AvgIpc) is 2.76. The molecule has 0 aliphatic rings. The van der Waals surface area contributed by atoms with Crippen LogP contribution in [0.25, 0.3) is 10.9 Å². The fraction of sp³-hybridized carbons (Fsp3) is 0.286. The first-order chi connectivity index (χ1) is 9.99. The van der Waals surface area contributed by atoms with Gasteiger partial charge in [0, 0.05) is 11.8 Å². The molecule has 112 valence electrons. The summed E-state index contributed by atoms with van der Waals surface area (Å²) in [5.74, 6) is -2.22. The molecule has 0 unspecified atom stereocenters. The van der Waals surface area contributed by atoms with Crippen molar-refractivity contribution in [3.8, 4) is 0 Å². The van der Waals surface area contributed by atoms with Gasteiger partial charge in [0.1, 0.15) is 6.54 Å². The molecule has 1 aromatic heterocycles. The summed E-state index contributed by atoms with van der Waals surface area (Å²) in [7, 11) is 0. The molecule has 1 aromatic carbocycles. The van der Waals surface area contributed by atoms with Crippen LogP contribution in [-0.2, 0) is 16.1 Å². The van der Waals surface area contributed by atoms with E-state index in [0.29, 0.717) is 0 Å². The third-order valence-corrected chi connectivity index (χ3v) is 2.91. The summed E-state index contributed by atoms with van der Waals surface area (Å²) in [6.45, 7) is 1.23. The van der Waals surface area contributed by atoms with E-state index in [0.717, 1.165) is 16.6 Å². The van der Waals surface area contributed by atoms with Gasteiger partial charge in [-0.1, -0.05) is 18.2 Å². The standard InChI is InChI=1S/C14H13F3N2O2/c1-9-10-4-2-3-5-12(10)19(18-9)8-13(20)21-7-6-11(15)14(16)17/h2-5H,6-8H2,1H3. The van der Waals surface area contributed by atoms with Gasteiger partial charge in [0.05, 0.1) is 17.8 Å². The van der Waals surface area contributed by atoms with Crippen LogP contribution in [0.15, 0.2) is 36.2 Å². The van der Waals surface area contributed by atoms with Crippen LogP contribution < -0.4 is 0 Å². The Balaban J connectivity index is 1.98. The molecule has 0 amide bonds. The Morgan fingerprint density at radius 3 is 2.71 bits per heavy atom. The highest BCUT2D eigenvalue weighted by molar-refractivity contribution is 5.83. The number of ether oxygens (including phenoxy) is 1. The Hall–Kier alpha value is -2.31. The molecule has 0 aliphatic heterocycles. The van der Waals surface area contributed by atoms with Gasteiger partial charge in [-0.15, -0.1) is 0 Å². The van der Waals surface area contributed by atoms with E-state index in [-0.39, 0.29) is 6.54 Å². The highest BCUT2D eigenvalue weighted by Crippen LogP contribution is 2.17. The molecule has 7 heteroatoms. The minimum absolute atomic E-state index is 0.155. The quantitative estimate of drug-likeness (QED) is 0.795. The van der Waals surface area contributed by atoms with Crippen molar-refractivity contribution >= 4 is 16.9 Å². The monoisotopic (exact) mass is 298 g/mol. The summed E-state index contributed by atoms with van der Waals surface area (Å²) < 4.78 is 42.4. The Morgan fingerprint density at radius 1 is 1.29 bits per heavy atom. The molecule has 0 bridgehead atoms. The summed E-state index contributed by atoms with van der Waals surface area (Å²) in [4.78, 5) is 11.6. The van der Waals surface area contributed by atoms with Crippen molar-refractivity contribution in [3.05, 3.63) is 41.9 Å². The molecule has 0 spiro atoms. The normalized spacial score (nSPS) is 10.7. The SMILES string of the molecule is Cc1nn(CC(=O)OCCC(F)=C(F)F)c2ccccc12. The van der Waals surface area contributed by atoms with E-state index >= 15 is 0 Å². The zero-order chi connectivity index (χ0) is 15.4. The smallest absolute Gasteiger partial charge is 0.327 e. The highest BCUT2D eigenvalue weighted by Gasteiger charge is 2.12. The van der Waals surface area contributed by atoms with Gasteiger partial charge in [0.2, 0.25) is 0 Å². The number of hydrogen-bond acceptors (Lipinski definition) is 3. The van der Waals surface area contributed by atoms with Gasteiger partial charge >= 0.3 is 12.0 Å². The Morgan fingerprint density at radius 2 is 2.00 bits per heavy atom. The van der Waals surface area contributed by atoms with Crippen LogP contribution in [0, 0.1) is 6.92 Å². The lowest BCUT2D eigenvalue weighted by Crippen LogP contribution is -2.15. The molecule has 2 aromatic rings. The number of aryl methyl sites for hydroxylation is 1. The molecule has 4 nitrogen and oxygen atoms in total. The molecule has 0 fully saturated rings. The van der Waals surface area contributed by atoms with Crippen molar-refractivity contribution in [1.82, 2.24) is 9.78 Å². The van der Waals surface area contributed by atoms with E-state index in [4.69, 9.17) is 4.74 Å². The summed E-state index contributed by atoms with van der Waals surface area (Å²) in [6, 6.07) is 7.36. The zero-order valence-corrected chi connectivity index (χ0v) is 11.3. The van der Waals surface area contributed by atoms with E-state index in [1.807, 2.05) is 31.2 Å². The average molecular weight is 298 g/mol. The number of carbonyl (C=O) groups is 1. The van der Waals surface area contributed by atoms with E-state index < -0.39 is 30.9 Å². The number of rotatable bonds is 5. The number of para-hydroxylation sites is 1. The van der Waals surface area contributed by atoms with Gasteiger partial charge in [0.15, 0.2) is 5.83 Å². The summed E-state index contributed by atoms with van der Waals surface area (Å²) in [5.41, 5.74) is 1.54. The van der Waals surface area contributed by atoms with Crippen LogP contribution in [0.4, 0.5) is 13.2 Å². The van der Waals surface area contributed by atoms with E-state index in [9.17, 15) is 18.0 Å². The van der Waals surface area contributed by atoms with Crippen molar-refractivity contribution in [1.29, 1.82) is 0 Å². The molecular formula is C14H13F3N2O2. The minimum atomic E-state index is -2.39. The number of halogens is 3. The lowest BCUT2D eigenvalue weighted by molar-refractivity contribution is -0.144. The van der Waals surface area contributed by atoms with E-state index in [2.05, 4.69) is 5.10 Å². The first kappa shape index (κ1) is 15.1. The molecule has 2 rings (SSSR count). The zero-order valence-electron chi connectivity index (χ0n) is 11.3.